The molecule has 4 rings (SSSR count). The van der Waals surface area contributed by atoms with Gasteiger partial charge < -0.3 is 19.6 Å². The van der Waals surface area contributed by atoms with E-state index in [1.807, 2.05) is 54.7 Å². The third-order valence-electron chi connectivity index (χ3n) is 8.11. The van der Waals surface area contributed by atoms with Crippen LogP contribution in [0.3, 0.4) is 0 Å². The fraction of sp³-hybridized carbons (Fsp3) is 0.457. The number of carbonyl (C=O) groups excluding carboxylic acids is 2. The van der Waals surface area contributed by atoms with E-state index in [1.165, 1.54) is 18.8 Å². The topological polar surface area (TPSA) is 111 Å². The minimum absolute atomic E-state index is 0.272. The van der Waals surface area contributed by atoms with E-state index in [0.29, 0.717) is 24.7 Å². The van der Waals surface area contributed by atoms with Crippen LogP contribution in [0.2, 0.25) is 0 Å². The van der Waals surface area contributed by atoms with Gasteiger partial charge in [-0.05, 0) is 47.9 Å². The van der Waals surface area contributed by atoms with Crippen molar-refractivity contribution in [3.8, 4) is 0 Å². The first-order chi connectivity index (χ1) is 20.7. The number of aliphatic carboxylic acids is 1. The van der Waals surface area contributed by atoms with Gasteiger partial charge in [-0.25, -0.2) is 4.79 Å². The lowest BCUT2D eigenvalue weighted by molar-refractivity contribution is -0.143. The van der Waals surface area contributed by atoms with Crippen LogP contribution >= 0.6 is 0 Å². The quantitative estimate of drug-likeness (QED) is 0.160. The van der Waals surface area contributed by atoms with Crippen LogP contribution < -0.4 is 0 Å². The summed E-state index contributed by atoms with van der Waals surface area (Å²) in [6, 6.07) is 15.4. The van der Waals surface area contributed by atoms with Crippen LogP contribution in [0.4, 0.5) is 4.79 Å². The SMILES string of the molecule is CCCC(C)CC(C(=O)O)c1c[nH]c2ccccc12.CCCC(C)CC(C(=O)OC)c1cn(C(=O)OC)c2ccccc12. The van der Waals surface area contributed by atoms with Gasteiger partial charge in [0.05, 0.1) is 31.6 Å². The molecule has 4 unspecified atom stereocenters. The Kier molecular flexibility index (Phi) is 12.4. The fourth-order valence-corrected chi connectivity index (χ4v) is 5.99. The molecule has 0 saturated carbocycles. The molecule has 0 amide bonds. The highest BCUT2D eigenvalue weighted by Crippen LogP contribution is 2.34. The summed E-state index contributed by atoms with van der Waals surface area (Å²) in [5, 5.41) is 11.4. The number of esters is 1. The van der Waals surface area contributed by atoms with Gasteiger partial charge in [0, 0.05) is 28.7 Å². The van der Waals surface area contributed by atoms with E-state index in [1.54, 1.807) is 6.20 Å². The summed E-state index contributed by atoms with van der Waals surface area (Å²) >= 11 is 0. The number of para-hydroxylation sites is 2. The van der Waals surface area contributed by atoms with Crippen LogP contribution in [0, 0.1) is 11.8 Å². The highest BCUT2D eigenvalue weighted by Gasteiger charge is 2.28. The number of nitrogens with zero attached hydrogens (tertiary/aromatic N) is 1. The number of H-pyrrole nitrogens is 1. The molecular formula is C35H46N2O6. The smallest absolute Gasteiger partial charge is 0.418 e. The summed E-state index contributed by atoms with van der Waals surface area (Å²) in [5.74, 6) is -0.998. The molecule has 0 aliphatic rings. The van der Waals surface area contributed by atoms with Gasteiger partial charge in [-0.15, -0.1) is 0 Å². The molecule has 0 bridgehead atoms. The zero-order chi connectivity index (χ0) is 31.5. The molecule has 8 heteroatoms. The summed E-state index contributed by atoms with van der Waals surface area (Å²) in [6.07, 6.45) is 8.76. The van der Waals surface area contributed by atoms with E-state index in [0.717, 1.165) is 58.6 Å². The first-order valence-electron chi connectivity index (χ1n) is 15.2. The number of nitrogens with one attached hydrogen (secondary N) is 1. The van der Waals surface area contributed by atoms with Crippen LogP contribution in [0.15, 0.2) is 60.9 Å². The van der Waals surface area contributed by atoms with Crippen LogP contribution in [-0.4, -0.2) is 46.9 Å². The summed E-state index contributed by atoms with van der Waals surface area (Å²) < 4.78 is 11.3. The molecule has 232 valence electrons. The van der Waals surface area contributed by atoms with Gasteiger partial charge in [0.15, 0.2) is 0 Å². The number of methoxy groups -OCH3 is 2. The molecule has 4 atom stereocenters. The molecule has 0 saturated heterocycles. The van der Waals surface area contributed by atoms with Crippen molar-refractivity contribution in [1.29, 1.82) is 0 Å². The summed E-state index contributed by atoms with van der Waals surface area (Å²) in [6.45, 7) is 8.54. The zero-order valence-corrected chi connectivity index (χ0v) is 26.3. The summed E-state index contributed by atoms with van der Waals surface area (Å²) in [5.41, 5.74) is 3.46. The number of rotatable bonds is 12. The van der Waals surface area contributed by atoms with E-state index < -0.39 is 23.9 Å². The molecule has 0 fully saturated rings. The van der Waals surface area contributed by atoms with Crippen molar-refractivity contribution in [1.82, 2.24) is 9.55 Å². The third kappa shape index (κ3) is 8.27. The molecule has 2 aromatic carbocycles. The maximum absolute atomic E-state index is 12.4. The standard InChI is InChI=1S/C19H25NO4.C16H21NO2/c1-5-8-13(2)11-15(18(21)23-3)16-12-20(19(22)24-4)17-10-7-6-9-14(16)17;1-3-6-11(2)9-13(16(18)19)14-10-17-15-8-5-4-7-12(14)15/h6-7,9-10,12-13,15H,5,8,11H2,1-4H3;4-5,7-8,10-11,13,17H,3,6,9H2,1-2H3,(H,18,19). The Labute approximate surface area is 254 Å². The van der Waals surface area contributed by atoms with Crippen molar-refractivity contribution in [2.75, 3.05) is 14.2 Å². The highest BCUT2D eigenvalue weighted by molar-refractivity contribution is 5.95. The molecule has 0 radical (unpaired) electrons. The molecule has 4 aromatic rings. The normalized spacial score (nSPS) is 13.9. The number of hydrogen-bond acceptors (Lipinski definition) is 5. The second-order valence-corrected chi connectivity index (χ2v) is 11.5. The fourth-order valence-electron chi connectivity index (χ4n) is 5.99. The van der Waals surface area contributed by atoms with E-state index >= 15 is 0 Å². The molecule has 2 N–H and O–H groups in total. The molecule has 2 aromatic heterocycles. The van der Waals surface area contributed by atoms with Crippen LogP contribution in [0.1, 0.15) is 89.2 Å². The van der Waals surface area contributed by atoms with Crippen LogP contribution in [0.25, 0.3) is 21.8 Å². The average Bonchev–Trinajstić information content (AvgIpc) is 3.60. The highest BCUT2D eigenvalue weighted by atomic mass is 16.5. The second-order valence-electron chi connectivity index (χ2n) is 11.5. The Bertz CT molecular complexity index is 1500. The van der Waals surface area contributed by atoms with Crippen molar-refractivity contribution in [3.63, 3.8) is 0 Å². The van der Waals surface area contributed by atoms with Crippen LogP contribution in [0.5, 0.6) is 0 Å². The maximum Gasteiger partial charge on any atom is 0.418 e. The van der Waals surface area contributed by atoms with Gasteiger partial charge in [0.2, 0.25) is 0 Å². The average molecular weight is 591 g/mol. The van der Waals surface area contributed by atoms with Gasteiger partial charge in [-0.3, -0.25) is 14.2 Å². The van der Waals surface area contributed by atoms with Gasteiger partial charge in [-0.2, -0.15) is 0 Å². The Morgan fingerprint density at radius 3 is 1.98 bits per heavy atom. The molecule has 2 heterocycles. The maximum atomic E-state index is 12.4. The molecule has 8 nitrogen and oxygen atoms in total. The molecule has 0 aliphatic carbocycles. The molecule has 0 aliphatic heterocycles. The van der Waals surface area contributed by atoms with Gasteiger partial charge in [-0.1, -0.05) is 89.8 Å². The molecule has 43 heavy (non-hydrogen) atoms. The monoisotopic (exact) mass is 590 g/mol. The largest absolute Gasteiger partial charge is 0.481 e. The number of aromatic nitrogens is 2. The predicted octanol–water partition coefficient (Wildman–Crippen LogP) is 8.50. The number of carboxylic acids is 1. The lowest BCUT2D eigenvalue weighted by Crippen LogP contribution is -2.17. The number of fused-ring (bicyclic) bond motifs is 2. The lowest BCUT2D eigenvalue weighted by Gasteiger charge is -2.18. The van der Waals surface area contributed by atoms with E-state index in [4.69, 9.17) is 9.47 Å². The minimum Gasteiger partial charge on any atom is -0.481 e. The van der Waals surface area contributed by atoms with E-state index in [9.17, 15) is 19.5 Å². The van der Waals surface area contributed by atoms with Gasteiger partial charge >= 0.3 is 18.0 Å². The Morgan fingerprint density at radius 1 is 0.814 bits per heavy atom. The third-order valence-corrected chi connectivity index (χ3v) is 8.11. The van der Waals surface area contributed by atoms with Crippen molar-refractivity contribution in [3.05, 3.63) is 72.1 Å². The molecule has 0 spiro atoms. The van der Waals surface area contributed by atoms with E-state index in [2.05, 4.69) is 32.7 Å². The second kappa shape index (κ2) is 16.0. The number of hydrogen-bond donors (Lipinski definition) is 2. The van der Waals surface area contributed by atoms with Gasteiger partial charge in [0.1, 0.15) is 0 Å². The zero-order valence-electron chi connectivity index (χ0n) is 26.3. The first-order valence-corrected chi connectivity index (χ1v) is 15.2. The Balaban J connectivity index is 0.000000242. The Hall–Kier alpha value is -4.07. The van der Waals surface area contributed by atoms with Crippen molar-refractivity contribution in [2.45, 2.75) is 78.1 Å². The predicted molar refractivity (Wildman–Crippen MR) is 171 cm³/mol. The Morgan fingerprint density at radius 2 is 1.40 bits per heavy atom. The van der Waals surface area contributed by atoms with Crippen LogP contribution in [-0.2, 0) is 19.1 Å². The summed E-state index contributed by atoms with van der Waals surface area (Å²) in [7, 11) is 2.75. The van der Waals surface area contributed by atoms with Crippen molar-refractivity contribution in [2.24, 2.45) is 11.8 Å². The van der Waals surface area contributed by atoms with Crippen molar-refractivity contribution >= 4 is 39.8 Å². The number of carbonyl (C=O) groups is 3. The minimum atomic E-state index is -0.729. The number of aromatic amines is 1. The summed E-state index contributed by atoms with van der Waals surface area (Å²) in [4.78, 5) is 39.2. The number of ether oxygens (including phenoxy) is 2. The number of benzene rings is 2. The number of carboxylic acid groups (broad SMARTS) is 1. The lowest BCUT2D eigenvalue weighted by atomic mass is 9.87. The molecular weight excluding hydrogens is 544 g/mol. The first kappa shape index (κ1) is 33.4. The van der Waals surface area contributed by atoms with Gasteiger partial charge in [0.25, 0.3) is 0 Å². The van der Waals surface area contributed by atoms with Crippen molar-refractivity contribution < 1.29 is 29.0 Å². The van der Waals surface area contributed by atoms with E-state index in [-0.39, 0.29) is 5.97 Å².